The molecule has 0 spiro atoms. The van der Waals surface area contributed by atoms with E-state index in [1.807, 2.05) is 0 Å². The number of hydrogen-bond acceptors (Lipinski definition) is 8. The Labute approximate surface area is 216 Å². The molecule has 0 N–H and O–H groups in total. The average molecular weight is 515 g/mol. The van der Waals surface area contributed by atoms with Crippen molar-refractivity contribution in [1.82, 2.24) is 9.80 Å². The van der Waals surface area contributed by atoms with Crippen molar-refractivity contribution in [2.24, 2.45) is 0 Å². The number of amides is 4. The first-order valence-corrected chi connectivity index (χ1v) is 13.3. The molecule has 0 saturated heterocycles. The maximum atomic E-state index is 12.6. The second kappa shape index (κ2) is 11.4. The summed E-state index contributed by atoms with van der Waals surface area (Å²) in [5.74, 6) is -2.78. The van der Waals surface area contributed by atoms with Crippen molar-refractivity contribution in [3.05, 3.63) is 22.3 Å². The lowest BCUT2D eigenvalue weighted by atomic mass is 9.93. The van der Waals surface area contributed by atoms with Crippen molar-refractivity contribution in [3.8, 4) is 0 Å². The van der Waals surface area contributed by atoms with Crippen LogP contribution < -0.4 is 0 Å². The topological polar surface area (TPSA) is 127 Å². The number of imide groups is 2. The van der Waals surface area contributed by atoms with Gasteiger partial charge in [0.2, 0.25) is 0 Å². The van der Waals surface area contributed by atoms with Crippen LogP contribution in [0.2, 0.25) is 0 Å². The quantitative estimate of drug-likeness (QED) is 0.247. The Bertz CT molecular complexity index is 948. The molecule has 2 aliphatic carbocycles. The van der Waals surface area contributed by atoms with Gasteiger partial charge < -0.3 is 9.47 Å². The highest BCUT2D eigenvalue weighted by Crippen LogP contribution is 2.35. The molecule has 0 radical (unpaired) electrons. The first-order chi connectivity index (χ1) is 17.7. The summed E-state index contributed by atoms with van der Waals surface area (Å²) in [6.45, 7) is 3.23. The summed E-state index contributed by atoms with van der Waals surface area (Å²) in [5.41, 5.74) is 2.14. The van der Waals surface area contributed by atoms with Crippen molar-refractivity contribution in [2.75, 3.05) is 13.2 Å². The Morgan fingerprint density at radius 1 is 0.595 bits per heavy atom. The molecule has 2 atom stereocenters. The van der Waals surface area contributed by atoms with E-state index in [-0.39, 0.29) is 36.8 Å². The molecule has 0 bridgehead atoms. The van der Waals surface area contributed by atoms with Gasteiger partial charge in [-0.1, -0.05) is 0 Å². The van der Waals surface area contributed by atoms with Gasteiger partial charge in [-0.3, -0.25) is 29.0 Å². The van der Waals surface area contributed by atoms with Crippen LogP contribution in [-0.4, -0.2) is 70.7 Å². The van der Waals surface area contributed by atoms with Gasteiger partial charge in [-0.05, 0) is 84.5 Å². The molecule has 2 unspecified atom stereocenters. The van der Waals surface area contributed by atoms with E-state index in [1.165, 1.54) is 13.8 Å². The lowest BCUT2D eigenvalue weighted by molar-refractivity contribution is -0.157. The van der Waals surface area contributed by atoms with E-state index in [4.69, 9.17) is 9.47 Å². The van der Waals surface area contributed by atoms with E-state index in [1.54, 1.807) is 0 Å². The number of carbonyl (C=O) groups is 6. The van der Waals surface area contributed by atoms with Gasteiger partial charge in [0.25, 0.3) is 23.6 Å². The van der Waals surface area contributed by atoms with Crippen LogP contribution in [0.15, 0.2) is 22.3 Å². The summed E-state index contributed by atoms with van der Waals surface area (Å²) in [7, 11) is 0. The predicted octanol–water partition coefficient (Wildman–Crippen LogP) is 2.50. The summed E-state index contributed by atoms with van der Waals surface area (Å²) in [5, 5.41) is 0. The highest BCUT2D eigenvalue weighted by Gasteiger charge is 2.44. The summed E-state index contributed by atoms with van der Waals surface area (Å²) >= 11 is 0. The van der Waals surface area contributed by atoms with Gasteiger partial charge in [0, 0.05) is 22.3 Å². The minimum atomic E-state index is -0.982. The third-order valence-electron chi connectivity index (χ3n) is 7.58. The third-order valence-corrected chi connectivity index (χ3v) is 7.58. The lowest BCUT2D eigenvalue weighted by Crippen LogP contribution is -2.45. The highest BCUT2D eigenvalue weighted by atomic mass is 16.5. The number of ether oxygens (including phenoxy) is 2. The van der Waals surface area contributed by atoms with Crippen LogP contribution in [0.25, 0.3) is 0 Å². The number of esters is 2. The Kier molecular flexibility index (Phi) is 8.24. The first-order valence-electron chi connectivity index (χ1n) is 13.3. The largest absolute Gasteiger partial charge is 0.464 e. The molecule has 0 fully saturated rings. The molecule has 37 heavy (non-hydrogen) atoms. The Morgan fingerprint density at radius 2 is 0.892 bits per heavy atom. The van der Waals surface area contributed by atoms with Gasteiger partial charge in [-0.15, -0.1) is 0 Å². The van der Waals surface area contributed by atoms with E-state index in [0.717, 1.165) is 35.5 Å². The van der Waals surface area contributed by atoms with E-state index >= 15 is 0 Å². The number of carbonyl (C=O) groups excluding carboxylic acids is 6. The molecule has 0 saturated carbocycles. The summed E-state index contributed by atoms with van der Waals surface area (Å²) in [6, 6.07) is -1.96. The first kappa shape index (κ1) is 26.8. The third kappa shape index (κ3) is 5.24. The van der Waals surface area contributed by atoms with Crippen LogP contribution >= 0.6 is 0 Å². The maximum absolute atomic E-state index is 12.6. The molecule has 4 rings (SSSR count). The fraction of sp³-hybridized carbons (Fsp3) is 0.630. The Morgan fingerprint density at radius 3 is 1.19 bits per heavy atom. The second-order valence-corrected chi connectivity index (χ2v) is 10.0. The predicted molar refractivity (Wildman–Crippen MR) is 129 cm³/mol. The van der Waals surface area contributed by atoms with Crippen molar-refractivity contribution < 1.29 is 38.2 Å². The van der Waals surface area contributed by atoms with Gasteiger partial charge in [0.1, 0.15) is 12.1 Å². The highest BCUT2D eigenvalue weighted by molar-refractivity contribution is 6.21. The minimum Gasteiger partial charge on any atom is -0.464 e. The molecule has 200 valence electrons. The van der Waals surface area contributed by atoms with Crippen molar-refractivity contribution in [2.45, 2.75) is 96.6 Å². The van der Waals surface area contributed by atoms with Crippen molar-refractivity contribution in [3.63, 3.8) is 0 Å². The Balaban J connectivity index is 1.12. The van der Waals surface area contributed by atoms with E-state index in [9.17, 15) is 28.8 Å². The van der Waals surface area contributed by atoms with E-state index < -0.39 is 24.0 Å². The number of nitrogens with zero attached hydrogens (tertiary/aromatic N) is 2. The number of unbranched alkanes of at least 4 members (excludes halogenated alkanes) is 2. The average Bonchev–Trinajstić information content (AvgIpc) is 3.31. The molecular weight excluding hydrogens is 480 g/mol. The fourth-order valence-corrected chi connectivity index (χ4v) is 5.40. The summed E-state index contributed by atoms with van der Waals surface area (Å²) < 4.78 is 10.5. The summed E-state index contributed by atoms with van der Waals surface area (Å²) in [6.07, 6.45) is 7.41. The van der Waals surface area contributed by atoms with Crippen LogP contribution in [0.1, 0.15) is 84.5 Å². The molecule has 0 aromatic heterocycles. The van der Waals surface area contributed by atoms with Crippen molar-refractivity contribution >= 4 is 35.6 Å². The van der Waals surface area contributed by atoms with E-state index in [0.29, 0.717) is 67.2 Å². The number of hydrogen-bond donors (Lipinski definition) is 0. The molecule has 10 nitrogen and oxygen atoms in total. The van der Waals surface area contributed by atoms with Gasteiger partial charge in [0.05, 0.1) is 13.2 Å². The van der Waals surface area contributed by atoms with Gasteiger partial charge >= 0.3 is 11.9 Å². The van der Waals surface area contributed by atoms with Gasteiger partial charge in [-0.2, -0.15) is 0 Å². The van der Waals surface area contributed by atoms with Gasteiger partial charge in [0.15, 0.2) is 0 Å². The van der Waals surface area contributed by atoms with Crippen LogP contribution in [0.3, 0.4) is 0 Å². The minimum absolute atomic E-state index is 0.116. The molecule has 2 aliphatic heterocycles. The van der Waals surface area contributed by atoms with Crippen molar-refractivity contribution in [1.29, 1.82) is 0 Å². The monoisotopic (exact) mass is 514 g/mol. The molecule has 4 aliphatic rings. The molecule has 0 aromatic carbocycles. The smallest absolute Gasteiger partial charge is 0.329 e. The molecule has 10 heteroatoms. The second-order valence-electron chi connectivity index (χ2n) is 10.0. The SMILES string of the molecule is CC(C(=O)OCCCCCOC(=O)C(C)N1C(=O)C2=C(CCCC2)C1=O)N1C(=O)C2=C(CCCC2)C1=O. The lowest BCUT2D eigenvalue weighted by Gasteiger charge is -2.22. The van der Waals surface area contributed by atoms with Crippen LogP contribution in [0, 0.1) is 0 Å². The molecule has 0 aromatic rings. The molecule has 2 heterocycles. The fourth-order valence-electron chi connectivity index (χ4n) is 5.40. The maximum Gasteiger partial charge on any atom is 0.329 e. The summed E-state index contributed by atoms with van der Waals surface area (Å²) in [4.78, 5) is 77.2. The van der Waals surface area contributed by atoms with Crippen LogP contribution in [0.4, 0.5) is 0 Å². The Hall–Kier alpha value is -3.30. The zero-order chi connectivity index (χ0) is 26.7. The van der Waals surface area contributed by atoms with Crippen LogP contribution in [0.5, 0.6) is 0 Å². The zero-order valence-electron chi connectivity index (χ0n) is 21.5. The van der Waals surface area contributed by atoms with E-state index in [2.05, 4.69) is 0 Å². The van der Waals surface area contributed by atoms with Gasteiger partial charge in [-0.25, -0.2) is 9.59 Å². The van der Waals surface area contributed by atoms with Crippen LogP contribution in [-0.2, 0) is 38.2 Å². The zero-order valence-corrected chi connectivity index (χ0v) is 21.5. The normalized spacial score (nSPS) is 21.4. The number of rotatable bonds is 10. The standard InChI is InChI=1S/C27H34N2O8/c1-16(28-22(30)18-10-4-5-11-19(18)23(28)31)26(34)36-14-8-3-9-15-37-27(35)17(2)29-24(32)20-12-6-7-13-21(20)25(29)33/h16-17H,3-15H2,1-2H3. The molecular formula is C27H34N2O8. The molecule has 4 amide bonds.